The van der Waals surface area contributed by atoms with Crippen LogP contribution in [0.2, 0.25) is 0 Å². The van der Waals surface area contributed by atoms with E-state index >= 15 is 0 Å². The van der Waals surface area contributed by atoms with Crippen LogP contribution in [0.4, 0.5) is 5.13 Å². The van der Waals surface area contributed by atoms with Crippen molar-refractivity contribution in [3.63, 3.8) is 0 Å². The highest BCUT2D eigenvalue weighted by Crippen LogP contribution is 2.33. The van der Waals surface area contributed by atoms with E-state index in [9.17, 15) is 0 Å². The van der Waals surface area contributed by atoms with E-state index in [0.717, 1.165) is 19.6 Å². The molecule has 1 fully saturated rings. The minimum Gasteiger partial charge on any atom is -0.347 e. The van der Waals surface area contributed by atoms with Crippen molar-refractivity contribution in [3.8, 4) is 0 Å². The summed E-state index contributed by atoms with van der Waals surface area (Å²) in [5, 5.41) is 6.49. The quantitative estimate of drug-likeness (QED) is 0.823. The molecule has 0 bridgehead atoms. The number of nitrogens with zero attached hydrogens (tertiary/aromatic N) is 2. The fourth-order valence-electron chi connectivity index (χ4n) is 2.13. The van der Waals surface area contributed by atoms with Gasteiger partial charge in [-0.1, -0.05) is 6.92 Å². The first kappa shape index (κ1) is 9.93. The Morgan fingerprint density at radius 1 is 1.71 bits per heavy atom. The molecule has 1 aliphatic rings. The average Bonchev–Trinajstić information content (AvgIpc) is 2.73. The summed E-state index contributed by atoms with van der Waals surface area (Å²) in [7, 11) is 2.03. The van der Waals surface area contributed by atoms with E-state index < -0.39 is 0 Å². The molecule has 1 N–H and O–H groups in total. The molecule has 0 aromatic carbocycles. The molecule has 1 aromatic rings. The first-order chi connectivity index (χ1) is 6.73. The van der Waals surface area contributed by atoms with E-state index in [1.54, 1.807) is 11.3 Å². The van der Waals surface area contributed by atoms with Crippen LogP contribution < -0.4 is 10.2 Å². The summed E-state index contributed by atoms with van der Waals surface area (Å²) in [4.78, 5) is 6.74. The zero-order chi connectivity index (χ0) is 10.0. The molecule has 1 aromatic heterocycles. The third-order valence-corrected chi connectivity index (χ3v) is 3.68. The molecule has 0 radical (unpaired) electrons. The molecule has 1 aliphatic heterocycles. The van der Waals surface area contributed by atoms with Crippen molar-refractivity contribution in [3.05, 3.63) is 11.6 Å². The number of hydrogen-bond acceptors (Lipinski definition) is 4. The molecule has 1 atom stereocenters. The first-order valence-corrected chi connectivity index (χ1v) is 5.90. The molecule has 0 aliphatic carbocycles. The van der Waals surface area contributed by atoms with Crippen molar-refractivity contribution in [1.82, 2.24) is 10.3 Å². The fourth-order valence-corrected chi connectivity index (χ4v) is 2.80. The van der Waals surface area contributed by atoms with Crippen molar-refractivity contribution in [2.24, 2.45) is 5.41 Å². The van der Waals surface area contributed by atoms with E-state index in [2.05, 4.69) is 22.1 Å². The average molecular weight is 211 g/mol. The van der Waals surface area contributed by atoms with Crippen LogP contribution in [-0.2, 0) is 0 Å². The van der Waals surface area contributed by atoms with Gasteiger partial charge in [0.05, 0.1) is 0 Å². The molecule has 14 heavy (non-hydrogen) atoms. The van der Waals surface area contributed by atoms with Gasteiger partial charge in [-0.05, 0) is 18.9 Å². The molecule has 2 heterocycles. The van der Waals surface area contributed by atoms with E-state index in [0.29, 0.717) is 5.41 Å². The Morgan fingerprint density at radius 2 is 2.57 bits per heavy atom. The SMILES string of the molecule is CNCC1(C)CCN(c2nccs2)C1. The van der Waals surface area contributed by atoms with Gasteiger partial charge in [-0.2, -0.15) is 0 Å². The Hall–Kier alpha value is -0.610. The largest absolute Gasteiger partial charge is 0.347 e. The Balaban J connectivity index is 2.01. The molecule has 1 saturated heterocycles. The van der Waals surface area contributed by atoms with E-state index in [1.807, 2.05) is 18.6 Å². The highest BCUT2D eigenvalue weighted by atomic mass is 32.1. The van der Waals surface area contributed by atoms with Crippen LogP contribution in [0.5, 0.6) is 0 Å². The normalized spacial score (nSPS) is 27.1. The highest BCUT2D eigenvalue weighted by Gasteiger charge is 2.33. The summed E-state index contributed by atoms with van der Waals surface area (Å²) in [6.07, 6.45) is 3.14. The van der Waals surface area contributed by atoms with Crippen LogP contribution in [0.25, 0.3) is 0 Å². The van der Waals surface area contributed by atoms with E-state index in [1.165, 1.54) is 11.6 Å². The lowest BCUT2D eigenvalue weighted by molar-refractivity contribution is 0.356. The Morgan fingerprint density at radius 3 is 3.21 bits per heavy atom. The smallest absolute Gasteiger partial charge is 0.185 e. The van der Waals surface area contributed by atoms with Crippen molar-refractivity contribution < 1.29 is 0 Å². The molecular formula is C10H17N3S. The van der Waals surface area contributed by atoms with Gasteiger partial charge in [-0.3, -0.25) is 0 Å². The van der Waals surface area contributed by atoms with Crippen LogP contribution in [0.3, 0.4) is 0 Å². The molecule has 2 rings (SSSR count). The standard InChI is InChI=1S/C10H17N3S/c1-10(7-11-2)3-5-13(8-10)9-12-4-6-14-9/h4,6,11H,3,5,7-8H2,1-2H3. The predicted molar refractivity (Wildman–Crippen MR) is 61.0 cm³/mol. The van der Waals surface area contributed by atoms with Gasteiger partial charge >= 0.3 is 0 Å². The van der Waals surface area contributed by atoms with Gasteiger partial charge in [0.1, 0.15) is 0 Å². The first-order valence-electron chi connectivity index (χ1n) is 5.03. The molecule has 78 valence electrons. The molecule has 0 spiro atoms. The zero-order valence-corrected chi connectivity index (χ0v) is 9.60. The summed E-state index contributed by atoms with van der Waals surface area (Å²) >= 11 is 1.73. The number of nitrogens with one attached hydrogen (secondary N) is 1. The van der Waals surface area contributed by atoms with Crippen molar-refractivity contribution in [2.45, 2.75) is 13.3 Å². The van der Waals surface area contributed by atoms with Gasteiger partial charge in [0, 0.05) is 31.2 Å². The molecule has 3 nitrogen and oxygen atoms in total. The summed E-state index contributed by atoms with van der Waals surface area (Å²) in [5.74, 6) is 0. The van der Waals surface area contributed by atoms with Gasteiger partial charge in [-0.25, -0.2) is 4.98 Å². The van der Waals surface area contributed by atoms with Gasteiger partial charge in [0.15, 0.2) is 5.13 Å². The van der Waals surface area contributed by atoms with E-state index in [-0.39, 0.29) is 0 Å². The monoisotopic (exact) mass is 211 g/mol. The Bertz CT molecular complexity index is 286. The third-order valence-electron chi connectivity index (χ3n) is 2.85. The summed E-state index contributed by atoms with van der Waals surface area (Å²) in [6.45, 7) is 5.71. The minimum absolute atomic E-state index is 0.417. The predicted octanol–water partition coefficient (Wildman–Crippen LogP) is 1.58. The third kappa shape index (κ3) is 1.91. The molecule has 4 heteroatoms. The van der Waals surface area contributed by atoms with E-state index in [4.69, 9.17) is 0 Å². The van der Waals surface area contributed by atoms with Gasteiger partial charge in [-0.15, -0.1) is 11.3 Å². The molecule has 1 unspecified atom stereocenters. The van der Waals surface area contributed by atoms with Gasteiger partial charge in [0.2, 0.25) is 0 Å². The minimum atomic E-state index is 0.417. The summed E-state index contributed by atoms with van der Waals surface area (Å²) in [6, 6.07) is 0. The molecular weight excluding hydrogens is 194 g/mol. The summed E-state index contributed by atoms with van der Waals surface area (Å²) < 4.78 is 0. The molecule has 0 amide bonds. The topological polar surface area (TPSA) is 28.2 Å². The van der Waals surface area contributed by atoms with Crippen LogP contribution in [0.15, 0.2) is 11.6 Å². The second-order valence-corrected chi connectivity index (χ2v) is 5.20. The zero-order valence-electron chi connectivity index (χ0n) is 8.79. The Labute approximate surface area is 89.1 Å². The highest BCUT2D eigenvalue weighted by molar-refractivity contribution is 7.13. The number of thiazole rings is 1. The number of hydrogen-bond donors (Lipinski definition) is 1. The maximum absolute atomic E-state index is 4.35. The van der Waals surface area contributed by atoms with Crippen LogP contribution in [-0.4, -0.2) is 31.7 Å². The van der Waals surface area contributed by atoms with Gasteiger partial charge < -0.3 is 10.2 Å². The maximum Gasteiger partial charge on any atom is 0.185 e. The van der Waals surface area contributed by atoms with Crippen LogP contribution >= 0.6 is 11.3 Å². The molecule has 0 saturated carbocycles. The number of rotatable bonds is 3. The number of aromatic nitrogens is 1. The fraction of sp³-hybridized carbons (Fsp3) is 0.700. The summed E-state index contributed by atoms with van der Waals surface area (Å²) in [5.41, 5.74) is 0.417. The lowest BCUT2D eigenvalue weighted by atomic mass is 9.90. The lowest BCUT2D eigenvalue weighted by Crippen LogP contribution is -2.33. The van der Waals surface area contributed by atoms with Crippen molar-refractivity contribution in [2.75, 3.05) is 31.6 Å². The van der Waals surface area contributed by atoms with Crippen molar-refractivity contribution >= 4 is 16.5 Å². The second-order valence-electron chi connectivity index (χ2n) is 4.33. The maximum atomic E-state index is 4.35. The van der Waals surface area contributed by atoms with Gasteiger partial charge in [0.25, 0.3) is 0 Å². The van der Waals surface area contributed by atoms with Crippen molar-refractivity contribution in [1.29, 1.82) is 0 Å². The lowest BCUT2D eigenvalue weighted by Gasteiger charge is -2.23. The van der Waals surface area contributed by atoms with Crippen LogP contribution in [0, 0.1) is 5.41 Å². The number of anilines is 1. The van der Waals surface area contributed by atoms with Crippen LogP contribution in [0.1, 0.15) is 13.3 Å². The Kier molecular flexibility index (Phi) is 2.74. The second kappa shape index (κ2) is 3.87.